The van der Waals surface area contributed by atoms with Crippen LogP contribution in [0.4, 0.5) is 0 Å². The molecule has 0 unspecified atom stereocenters. The first kappa shape index (κ1) is 31.3. The van der Waals surface area contributed by atoms with E-state index in [-0.39, 0.29) is 5.41 Å². The Labute approximate surface area is 301 Å². The largest absolute Gasteiger partial charge is 0.457 e. The topological polar surface area (TPSA) is 44.9 Å². The fourth-order valence-electron chi connectivity index (χ4n) is 7.63. The summed E-state index contributed by atoms with van der Waals surface area (Å²) in [6.45, 7) is 13.2. The monoisotopic (exact) mass is 682 g/mol. The molecule has 0 aliphatic carbocycles. The number of rotatable bonds is 5. The standard InChI is InChI=1S/C45H38N4OS/c1-27-22-28(2)41(29(3)23-27)35-19-21-48(47-35)31-12-11-13-32(25-31)50-38-26-37-42(44-43(38)34-15-8-10-17-39(34)51-44)33-14-7-9-16-36(33)49(37)40-24-30(18-20-46-40)45(4,5)6/h7-26H,1-6H3. The van der Waals surface area contributed by atoms with Gasteiger partial charge < -0.3 is 4.74 Å². The number of para-hydroxylation sites is 1. The quantitative estimate of drug-likeness (QED) is 0.181. The number of hydrogen-bond donors (Lipinski definition) is 0. The number of nitrogens with zero attached hydrogens (tertiary/aromatic N) is 4. The number of aryl methyl sites for hydroxylation is 3. The summed E-state index contributed by atoms with van der Waals surface area (Å²) in [5.41, 5.74) is 10.2. The fourth-order valence-corrected chi connectivity index (χ4v) is 8.91. The molecule has 9 aromatic rings. The maximum absolute atomic E-state index is 6.97. The minimum absolute atomic E-state index is 0.0123. The zero-order valence-corrected chi connectivity index (χ0v) is 30.5. The van der Waals surface area contributed by atoms with E-state index < -0.39 is 0 Å². The second-order valence-corrected chi connectivity index (χ2v) is 15.6. The lowest BCUT2D eigenvalue weighted by atomic mass is 9.88. The van der Waals surface area contributed by atoms with Gasteiger partial charge in [0, 0.05) is 61.0 Å². The van der Waals surface area contributed by atoms with Crippen LogP contribution < -0.4 is 4.74 Å². The number of pyridine rings is 1. The van der Waals surface area contributed by atoms with Crippen LogP contribution in [0.1, 0.15) is 43.0 Å². The van der Waals surface area contributed by atoms with Gasteiger partial charge >= 0.3 is 0 Å². The Balaban J connectivity index is 1.23. The van der Waals surface area contributed by atoms with Crippen molar-refractivity contribution >= 4 is 53.3 Å². The van der Waals surface area contributed by atoms with Crippen LogP contribution >= 0.6 is 11.3 Å². The van der Waals surface area contributed by atoms with Gasteiger partial charge in [0.25, 0.3) is 0 Å². The number of hydrogen-bond acceptors (Lipinski definition) is 4. The summed E-state index contributed by atoms with van der Waals surface area (Å²) in [6, 6.07) is 38.6. The summed E-state index contributed by atoms with van der Waals surface area (Å²) in [7, 11) is 0. The molecule has 0 radical (unpaired) electrons. The molecule has 250 valence electrons. The van der Waals surface area contributed by atoms with E-state index in [0.29, 0.717) is 0 Å². The minimum atomic E-state index is -0.0123. The van der Waals surface area contributed by atoms with Gasteiger partial charge in [-0.05, 0) is 85.3 Å². The van der Waals surface area contributed by atoms with Crippen LogP contribution in [-0.2, 0) is 5.41 Å². The van der Waals surface area contributed by atoms with Crippen LogP contribution in [-0.4, -0.2) is 19.3 Å². The molecular formula is C45H38N4OS. The van der Waals surface area contributed by atoms with Crippen molar-refractivity contribution in [3.8, 4) is 34.3 Å². The third kappa shape index (κ3) is 5.21. The molecule has 4 aromatic heterocycles. The normalized spacial score (nSPS) is 12.1. The molecule has 4 heterocycles. The molecular weight excluding hydrogens is 645 g/mol. The van der Waals surface area contributed by atoms with Gasteiger partial charge in [0.2, 0.25) is 0 Å². The van der Waals surface area contributed by atoms with Gasteiger partial charge in [-0.2, -0.15) is 5.10 Å². The maximum atomic E-state index is 6.97. The van der Waals surface area contributed by atoms with Gasteiger partial charge in [-0.3, -0.25) is 4.57 Å². The third-order valence-corrected chi connectivity index (χ3v) is 11.1. The first-order valence-corrected chi connectivity index (χ1v) is 18.2. The molecule has 51 heavy (non-hydrogen) atoms. The molecule has 5 nitrogen and oxygen atoms in total. The highest BCUT2D eigenvalue weighted by Gasteiger charge is 2.23. The minimum Gasteiger partial charge on any atom is -0.457 e. The molecule has 0 saturated heterocycles. The lowest BCUT2D eigenvalue weighted by Gasteiger charge is -2.20. The summed E-state index contributed by atoms with van der Waals surface area (Å²) < 4.78 is 13.6. The van der Waals surface area contributed by atoms with Crippen molar-refractivity contribution in [3.63, 3.8) is 0 Å². The van der Waals surface area contributed by atoms with E-state index in [1.165, 1.54) is 53.4 Å². The predicted molar refractivity (Wildman–Crippen MR) is 213 cm³/mol. The van der Waals surface area contributed by atoms with Gasteiger partial charge in [-0.25, -0.2) is 9.67 Å². The Bertz CT molecular complexity index is 2790. The highest BCUT2D eigenvalue weighted by atomic mass is 32.1. The van der Waals surface area contributed by atoms with Crippen LogP contribution in [0.5, 0.6) is 11.5 Å². The Hall–Kier alpha value is -5.72. The summed E-state index contributed by atoms with van der Waals surface area (Å²) in [5, 5.41) is 9.76. The first-order valence-electron chi connectivity index (χ1n) is 17.4. The van der Waals surface area contributed by atoms with Gasteiger partial charge in [-0.15, -0.1) is 11.3 Å². The Morgan fingerprint density at radius 2 is 1.47 bits per heavy atom. The van der Waals surface area contributed by atoms with E-state index in [1.54, 1.807) is 0 Å². The van der Waals surface area contributed by atoms with E-state index in [9.17, 15) is 0 Å². The van der Waals surface area contributed by atoms with Crippen LogP contribution in [0, 0.1) is 20.8 Å². The second kappa shape index (κ2) is 11.7. The van der Waals surface area contributed by atoms with Crippen molar-refractivity contribution in [2.75, 3.05) is 0 Å². The molecule has 0 fully saturated rings. The van der Waals surface area contributed by atoms with Crippen LogP contribution in [0.25, 0.3) is 64.7 Å². The fraction of sp³-hybridized carbons (Fsp3) is 0.156. The molecule has 0 aliphatic heterocycles. The highest BCUT2D eigenvalue weighted by Crippen LogP contribution is 2.48. The Morgan fingerprint density at radius 1 is 0.706 bits per heavy atom. The average molecular weight is 683 g/mol. The number of benzene rings is 5. The SMILES string of the molecule is Cc1cc(C)c(-c2ccn(-c3cccc(Oc4cc5c(c6ccccc6n5-c5cc(C(C)(C)C)ccn5)c5sc6ccccc6c45)c3)n2)c(C)c1. The predicted octanol–water partition coefficient (Wildman–Crippen LogP) is 12.4. The second-order valence-electron chi connectivity index (χ2n) is 14.6. The molecule has 0 aliphatic rings. The summed E-state index contributed by atoms with van der Waals surface area (Å²) in [6.07, 6.45) is 3.96. The summed E-state index contributed by atoms with van der Waals surface area (Å²) in [4.78, 5) is 4.93. The maximum Gasteiger partial charge on any atom is 0.138 e. The van der Waals surface area contributed by atoms with Gasteiger partial charge in [0.1, 0.15) is 17.3 Å². The molecule has 0 bridgehead atoms. The molecule has 0 amide bonds. The Morgan fingerprint density at radius 3 is 2.27 bits per heavy atom. The van der Waals surface area contributed by atoms with Crippen molar-refractivity contribution in [3.05, 3.63) is 144 Å². The third-order valence-electron chi connectivity index (χ3n) is 9.92. The van der Waals surface area contributed by atoms with Gasteiger partial charge in [0.05, 0.1) is 22.4 Å². The number of aromatic nitrogens is 4. The van der Waals surface area contributed by atoms with E-state index >= 15 is 0 Å². The molecule has 9 rings (SSSR count). The van der Waals surface area contributed by atoms with Crippen molar-refractivity contribution < 1.29 is 4.74 Å². The molecule has 5 aromatic carbocycles. The molecule has 0 N–H and O–H groups in total. The van der Waals surface area contributed by atoms with Crippen molar-refractivity contribution in [2.45, 2.75) is 47.0 Å². The zero-order chi connectivity index (χ0) is 35.0. The van der Waals surface area contributed by atoms with E-state index in [0.717, 1.165) is 45.1 Å². The lowest BCUT2D eigenvalue weighted by molar-refractivity contribution is 0.488. The molecule has 6 heteroatoms. The van der Waals surface area contributed by atoms with Crippen molar-refractivity contribution in [1.82, 2.24) is 19.3 Å². The smallest absolute Gasteiger partial charge is 0.138 e. The zero-order valence-electron chi connectivity index (χ0n) is 29.7. The van der Waals surface area contributed by atoms with Crippen molar-refractivity contribution in [2.24, 2.45) is 0 Å². The molecule has 0 saturated carbocycles. The van der Waals surface area contributed by atoms with E-state index in [2.05, 4.69) is 143 Å². The number of fused-ring (bicyclic) bond motifs is 7. The number of thiophene rings is 1. The average Bonchev–Trinajstić information content (AvgIpc) is 3.82. The van der Waals surface area contributed by atoms with Crippen LogP contribution in [0.3, 0.4) is 0 Å². The Kier molecular flexibility index (Phi) is 7.16. The van der Waals surface area contributed by atoms with Gasteiger partial charge in [0.15, 0.2) is 0 Å². The van der Waals surface area contributed by atoms with Crippen LogP contribution in [0.2, 0.25) is 0 Å². The molecule has 0 atom stereocenters. The lowest BCUT2D eigenvalue weighted by Crippen LogP contribution is -2.12. The van der Waals surface area contributed by atoms with E-state index in [1.807, 2.05) is 40.5 Å². The van der Waals surface area contributed by atoms with Gasteiger partial charge in [-0.1, -0.05) is 80.9 Å². The van der Waals surface area contributed by atoms with Crippen LogP contribution in [0.15, 0.2) is 122 Å². The summed E-state index contributed by atoms with van der Waals surface area (Å²) >= 11 is 1.82. The first-order chi connectivity index (χ1) is 24.6. The highest BCUT2D eigenvalue weighted by molar-refractivity contribution is 7.26. The number of ether oxygens (including phenoxy) is 1. The van der Waals surface area contributed by atoms with Crippen molar-refractivity contribution in [1.29, 1.82) is 0 Å². The van der Waals surface area contributed by atoms with E-state index in [4.69, 9.17) is 14.8 Å². The molecule has 0 spiro atoms. The summed E-state index contributed by atoms with van der Waals surface area (Å²) in [5.74, 6) is 2.46.